The van der Waals surface area contributed by atoms with Crippen LogP contribution in [-0.4, -0.2) is 86.2 Å². The van der Waals surface area contributed by atoms with Crippen LogP contribution in [-0.2, 0) is 28.7 Å². The van der Waals surface area contributed by atoms with Gasteiger partial charge in [-0.2, -0.15) is 0 Å². The second-order valence-electron chi connectivity index (χ2n) is 10.8. The Labute approximate surface area is 206 Å². The van der Waals surface area contributed by atoms with Crippen LogP contribution in [0.25, 0.3) is 0 Å². The monoisotopic (exact) mass is 510 g/mol. The molecule has 4 aliphatic rings. The van der Waals surface area contributed by atoms with Crippen molar-refractivity contribution < 1.29 is 53.5 Å². The Morgan fingerprint density at radius 2 is 1.78 bits per heavy atom. The fourth-order valence-corrected chi connectivity index (χ4v) is 7.33. The molecular weight excluding hydrogens is 479 g/mol. The lowest BCUT2D eigenvalue weighted by atomic mass is 9.43. The Balaban J connectivity index is 1.87. The number of carbonyl (C=O) groups is 4. The van der Waals surface area contributed by atoms with Gasteiger partial charge >= 0.3 is 11.9 Å². The van der Waals surface area contributed by atoms with Gasteiger partial charge in [-0.1, -0.05) is 13.0 Å². The standard InChI is InChI=1S/C25H31FO10/c1-11(27)35-10-17(31)25(34)18(36-12(2)28)8-14-19-21(33)20(32)15-7-13(29)5-6-22(15,3)24(19,26)16(30)9-23(14,25)4/h5-7,14,16,18-21,30,32-34H,8-10H2,1-4H3/t14-,16-,18+,19+,20-,21+,22-,23-,24+,25+/m0/s1. The third-order valence-electron chi connectivity index (χ3n) is 9.07. The molecule has 0 radical (unpaired) electrons. The van der Waals surface area contributed by atoms with Crippen molar-refractivity contribution in [2.45, 2.75) is 76.2 Å². The number of hydrogen-bond donors (Lipinski definition) is 4. The summed E-state index contributed by atoms with van der Waals surface area (Å²) in [6, 6.07) is 0. The summed E-state index contributed by atoms with van der Waals surface area (Å²) in [6.07, 6.45) is -4.21. The second-order valence-corrected chi connectivity index (χ2v) is 10.8. The lowest BCUT2D eigenvalue weighted by molar-refractivity contribution is -0.253. The molecule has 0 unspecified atom stereocenters. The van der Waals surface area contributed by atoms with Crippen molar-refractivity contribution in [3.8, 4) is 0 Å². The summed E-state index contributed by atoms with van der Waals surface area (Å²) in [7, 11) is 0. The van der Waals surface area contributed by atoms with E-state index in [0.29, 0.717) is 0 Å². The number of esters is 2. The fraction of sp³-hybridized carbons (Fsp3) is 0.680. The van der Waals surface area contributed by atoms with E-state index in [0.717, 1.165) is 26.0 Å². The first-order chi connectivity index (χ1) is 16.6. The average molecular weight is 511 g/mol. The predicted molar refractivity (Wildman–Crippen MR) is 119 cm³/mol. The first-order valence-corrected chi connectivity index (χ1v) is 11.8. The highest BCUT2D eigenvalue weighted by Crippen LogP contribution is 2.70. The first kappa shape index (κ1) is 26.6. The molecule has 4 rings (SSSR count). The van der Waals surface area contributed by atoms with Crippen molar-refractivity contribution >= 4 is 23.5 Å². The number of fused-ring (bicyclic) bond motifs is 5. The van der Waals surface area contributed by atoms with Crippen molar-refractivity contribution in [2.24, 2.45) is 22.7 Å². The van der Waals surface area contributed by atoms with Crippen LogP contribution in [0.5, 0.6) is 0 Å². The van der Waals surface area contributed by atoms with Crippen LogP contribution in [0.1, 0.15) is 40.5 Å². The van der Waals surface area contributed by atoms with Crippen LogP contribution in [0, 0.1) is 22.7 Å². The van der Waals surface area contributed by atoms with Gasteiger partial charge in [-0.25, -0.2) is 4.39 Å². The molecule has 0 aromatic rings. The normalized spacial score (nSPS) is 47.2. The number of Topliss-reactive ketones (excluding diaryl/α,β-unsaturated/α-hetero) is 1. The molecule has 10 atom stereocenters. The second kappa shape index (κ2) is 8.27. The number of rotatable bonds is 4. The van der Waals surface area contributed by atoms with Crippen LogP contribution >= 0.6 is 0 Å². The number of aliphatic hydroxyl groups is 4. The van der Waals surface area contributed by atoms with Gasteiger partial charge in [-0.15, -0.1) is 0 Å². The highest BCUT2D eigenvalue weighted by atomic mass is 19.1. The van der Waals surface area contributed by atoms with E-state index >= 15 is 4.39 Å². The van der Waals surface area contributed by atoms with Gasteiger partial charge in [0.1, 0.15) is 12.2 Å². The van der Waals surface area contributed by atoms with Gasteiger partial charge in [0.25, 0.3) is 0 Å². The maximum atomic E-state index is 17.3. The zero-order valence-corrected chi connectivity index (χ0v) is 20.4. The van der Waals surface area contributed by atoms with E-state index in [1.807, 2.05) is 0 Å². The molecule has 3 saturated carbocycles. The van der Waals surface area contributed by atoms with Gasteiger partial charge < -0.3 is 29.9 Å². The molecule has 4 N–H and O–H groups in total. The number of ketones is 2. The molecule has 0 heterocycles. The number of aliphatic hydroxyl groups excluding tert-OH is 3. The lowest BCUT2D eigenvalue weighted by Gasteiger charge is -2.64. The Morgan fingerprint density at radius 3 is 2.36 bits per heavy atom. The van der Waals surface area contributed by atoms with Gasteiger partial charge in [0.2, 0.25) is 5.78 Å². The summed E-state index contributed by atoms with van der Waals surface area (Å²) in [5, 5.41) is 45.3. The van der Waals surface area contributed by atoms with Gasteiger partial charge in [-0.3, -0.25) is 19.2 Å². The van der Waals surface area contributed by atoms with Gasteiger partial charge in [0, 0.05) is 30.6 Å². The van der Waals surface area contributed by atoms with Crippen molar-refractivity contribution in [3.05, 3.63) is 23.8 Å². The van der Waals surface area contributed by atoms with Crippen molar-refractivity contribution in [3.63, 3.8) is 0 Å². The van der Waals surface area contributed by atoms with Crippen LogP contribution in [0.15, 0.2) is 23.8 Å². The Bertz CT molecular complexity index is 1080. The number of allylic oxidation sites excluding steroid dienone is 3. The minimum absolute atomic E-state index is 0.0837. The summed E-state index contributed by atoms with van der Waals surface area (Å²) >= 11 is 0. The molecule has 0 aromatic carbocycles. The quantitative estimate of drug-likeness (QED) is 0.369. The molecule has 0 aromatic heterocycles. The maximum Gasteiger partial charge on any atom is 0.303 e. The smallest absolute Gasteiger partial charge is 0.303 e. The third-order valence-corrected chi connectivity index (χ3v) is 9.07. The lowest BCUT2D eigenvalue weighted by Crippen LogP contribution is -2.74. The number of ether oxygens (including phenoxy) is 2. The molecule has 36 heavy (non-hydrogen) atoms. The molecule has 0 amide bonds. The SMILES string of the molecule is CC(=O)OCC(=O)[C@@]1(O)[C@H](OC(C)=O)C[C@H]2[C@@H]3[C@@H](O)[C@@H](O)C4=CC(=O)C=C[C@]4(C)[C@@]3(F)[C@@H](O)C[C@@]21C. The van der Waals surface area contributed by atoms with Crippen molar-refractivity contribution in [1.82, 2.24) is 0 Å². The van der Waals surface area contributed by atoms with Crippen molar-refractivity contribution in [2.75, 3.05) is 6.61 Å². The molecule has 0 saturated heterocycles. The van der Waals surface area contributed by atoms with Crippen LogP contribution in [0.3, 0.4) is 0 Å². The van der Waals surface area contributed by atoms with E-state index in [1.165, 1.54) is 19.9 Å². The van der Waals surface area contributed by atoms with E-state index in [1.54, 1.807) is 0 Å². The van der Waals surface area contributed by atoms with Crippen LogP contribution < -0.4 is 0 Å². The molecular formula is C25H31FO10. The van der Waals surface area contributed by atoms with E-state index in [9.17, 15) is 39.6 Å². The van der Waals surface area contributed by atoms with Gasteiger partial charge in [-0.05, 0) is 43.4 Å². The molecule has 0 spiro atoms. The topological polar surface area (TPSA) is 168 Å². The van der Waals surface area contributed by atoms with E-state index in [-0.39, 0.29) is 12.0 Å². The largest absolute Gasteiger partial charge is 0.459 e. The Hall–Kier alpha value is -2.47. The van der Waals surface area contributed by atoms with Gasteiger partial charge in [0.15, 0.2) is 23.7 Å². The summed E-state index contributed by atoms with van der Waals surface area (Å²) < 4.78 is 27.4. The van der Waals surface area contributed by atoms with E-state index in [2.05, 4.69) is 0 Å². The number of hydrogen-bond acceptors (Lipinski definition) is 10. The van der Waals surface area contributed by atoms with Crippen molar-refractivity contribution in [1.29, 1.82) is 0 Å². The number of carbonyl (C=O) groups excluding carboxylic acids is 4. The highest BCUT2D eigenvalue weighted by molar-refractivity contribution is 6.01. The third kappa shape index (κ3) is 3.22. The highest BCUT2D eigenvalue weighted by Gasteiger charge is 2.79. The Morgan fingerprint density at radius 1 is 1.14 bits per heavy atom. The molecule has 10 nitrogen and oxygen atoms in total. The van der Waals surface area contributed by atoms with Gasteiger partial charge in [0.05, 0.1) is 12.2 Å². The molecule has 0 aliphatic heterocycles. The first-order valence-electron chi connectivity index (χ1n) is 11.8. The minimum Gasteiger partial charge on any atom is -0.459 e. The molecule has 11 heteroatoms. The van der Waals surface area contributed by atoms with E-state index < -0.39 is 94.9 Å². The average Bonchev–Trinajstić information content (AvgIpc) is 2.99. The molecule has 0 bridgehead atoms. The fourth-order valence-electron chi connectivity index (χ4n) is 7.33. The summed E-state index contributed by atoms with van der Waals surface area (Å²) in [5.74, 6) is -5.74. The summed E-state index contributed by atoms with van der Waals surface area (Å²) in [6.45, 7) is 4.11. The Kier molecular flexibility index (Phi) is 6.11. The summed E-state index contributed by atoms with van der Waals surface area (Å²) in [4.78, 5) is 48.5. The summed E-state index contributed by atoms with van der Waals surface area (Å²) in [5.41, 5.74) is -8.55. The molecule has 4 aliphatic carbocycles. The molecule has 3 fully saturated rings. The number of halogens is 1. The van der Waals surface area contributed by atoms with E-state index in [4.69, 9.17) is 9.47 Å². The maximum absolute atomic E-state index is 17.3. The zero-order chi connectivity index (χ0) is 27.0. The molecule has 198 valence electrons. The minimum atomic E-state index is -2.62. The predicted octanol–water partition coefficient (Wildman–Crippen LogP) is -0.296. The van der Waals surface area contributed by atoms with Crippen LogP contribution in [0.4, 0.5) is 4.39 Å². The zero-order valence-electron chi connectivity index (χ0n) is 20.4. The number of alkyl halides is 1. The van der Waals surface area contributed by atoms with Crippen LogP contribution in [0.2, 0.25) is 0 Å².